The van der Waals surface area contributed by atoms with Gasteiger partial charge in [-0.3, -0.25) is 4.68 Å². The zero-order valence-electron chi connectivity index (χ0n) is 17.5. The second-order valence-electron chi connectivity index (χ2n) is 7.88. The summed E-state index contributed by atoms with van der Waals surface area (Å²) in [7, 11) is 3.68. The van der Waals surface area contributed by atoms with Gasteiger partial charge in [0, 0.05) is 49.7 Å². The van der Waals surface area contributed by atoms with Crippen LogP contribution in [0.5, 0.6) is 5.75 Å². The Morgan fingerprint density at radius 2 is 1.79 bits per heavy atom. The molecule has 2 aromatic carbocycles. The summed E-state index contributed by atoms with van der Waals surface area (Å²) >= 11 is 0. The van der Waals surface area contributed by atoms with Gasteiger partial charge in [0.1, 0.15) is 5.75 Å². The van der Waals surface area contributed by atoms with Gasteiger partial charge in [0.25, 0.3) is 0 Å². The molecule has 4 rings (SSSR count). The van der Waals surface area contributed by atoms with Crippen LogP contribution in [0.4, 0.5) is 5.69 Å². The van der Waals surface area contributed by atoms with E-state index >= 15 is 0 Å². The molecule has 3 aromatic rings. The minimum Gasteiger partial charge on any atom is -0.497 e. The van der Waals surface area contributed by atoms with Crippen LogP contribution < -0.4 is 15.0 Å². The lowest BCUT2D eigenvalue weighted by molar-refractivity contribution is 0.381. The first kappa shape index (κ1) is 19.5. The van der Waals surface area contributed by atoms with Gasteiger partial charge in [0.05, 0.1) is 13.3 Å². The molecule has 1 atom stereocenters. The van der Waals surface area contributed by atoms with Crippen molar-refractivity contribution >= 4 is 5.69 Å². The number of anilines is 1. The van der Waals surface area contributed by atoms with Gasteiger partial charge < -0.3 is 15.0 Å². The Morgan fingerprint density at radius 3 is 2.48 bits per heavy atom. The maximum atomic E-state index is 5.38. The average molecular weight is 391 g/mol. The number of hydrogen-bond acceptors (Lipinski definition) is 4. The quantitative estimate of drug-likeness (QED) is 0.677. The molecule has 152 valence electrons. The standard InChI is InChI=1S/C24H30N4O/c1-18(21-16-25-27(2)17-21)26-22-10-12-28(13-11-22)23-8-4-6-19(14-23)20-7-5-9-24(15-20)29-3/h4-9,14-18,22,26H,10-13H2,1-3H3. The normalized spacial score (nSPS) is 16.0. The number of ether oxygens (including phenoxy) is 1. The lowest BCUT2D eigenvalue weighted by atomic mass is 10.0. The molecule has 1 aromatic heterocycles. The van der Waals surface area contributed by atoms with E-state index in [0.717, 1.165) is 31.7 Å². The number of aryl methyl sites for hydroxylation is 1. The van der Waals surface area contributed by atoms with E-state index in [4.69, 9.17) is 4.74 Å². The first-order valence-electron chi connectivity index (χ1n) is 10.4. The summed E-state index contributed by atoms with van der Waals surface area (Å²) in [5.74, 6) is 0.891. The van der Waals surface area contributed by atoms with Crippen LogP contribution in [0.2, 0.25) is 0 Å². The van der Waals surface area contributed by atoms with Crippen molar-refractivity contribution in [1.29, 1.82) is 0 Å². The third-order valence-corrected chi connectivity index (χ3v) is 5.82. The molecule has 0 spiro atoms. The van der Waals surface area contributed by atoms with Crippen molar-refractivity contribution in [2.45, 2.75) is 31.8 Å². The van der Waals surface area contributed by atoms with Gasteiger partial charge in [-0.2, -0.15) is 5.10 Å². The average Bonchev–Trinajstić information content (AvgIpc) is 3.21. The summed E-state index contributed by atoms with van der Waals surface area (Å²) in [4.78, 5) is 2.50. The van der Waals surface area contributed by atoms with Crippen molar-refractivity contribution in [3.63, 3.8) is 0 Å². The SMILES string of the molecule is COc1cccc(-c2cccc(N3CCC(NC(C)c4cnn(C)c4)CC3)c2)c1. The number of aromatic nitrogens is 2. The smallest absolute Gasteiger partial charge is 0.119 e. The molecular weight excluding hydrogens is 360 g/mol. The summed E-state index contributed by atoms with van der Waals surface area (Å²) in [6.45, 7) is 4.36. The lowest BCUT2D eigenvalue weighted by Gasteiger charge is -2.35. The van der Waals surface area contributed by atoms with Crippen LogP contribution in [-0.2, 0) is 7.05 Å². The molecule has 29 heavy (non-hydrogen) atoms. The van der Waals surface area contributed by atoms with E-state index in [2.05, 4.69) is 64.8 Å². The van der Waals surface area contributed by atoms with E-state index in [0.29, 0.717) is 12.1 Å². The van der Waals surface area contributed by atoms with E-state index < -0.39 is 0 Å². The largest absolute Gasteiger partial charge is 0.497 e. The first-order valence-corrected chi connectivity index (χ1v) is 10.4. The van der Waals surface area contributed by atoms with Crippen molar-refractivity contribution in [2.75, 3.05) is 25.1 Å². The van der Waals surface area contributed by atoms with E-state index in [-0.39, 0.29) is 0 Å². The van der Waals surface area contributed by atoms with Crippen molar-refractivity contribution < 1.29 is 4.74 Å². The fraction of sp³-hybridized carbons (Fsp3) is 0.375. The second kappa shape index (κ2) is 8.70. The van der Waals surface area contributed by atoms with Gasteiger partial charge in [-0.1, -0.05) is 24.3 Å². The Bertz CT molecular complexity index is 943. The summed E-state index contributed by atoms with van der Waals surface area (Å²) in [5.41, 5.74) is 4.96. The van der Waals surface area contributed by atoms with E-state index in [9.17, 15) is 0 Å². The van der Waals surface area contributed by atoms with E-state index in [1.807, 2.05) is 30.1 Å². The Kier molecular flexibility index (Phi) is 5.86. The van der Waals surface area contributed by atoms with Crippen LogP contribution in [0.3, 0.4) is 0 Å². The number of nitrogens with one attached hydrogen (secondary N) is 1. The van der Waals surface area contributed by atoms with Crippen LogP contribution in [0.15, 0.2) is 60.9 Å². The molecule has 0 aliphatic carbocycles. The fourth-order valence-corrected chi connectivity index (χ4v) is 4.10. The molecule has 1 fully saturated rings. The molecule has 5 nitrogen and oxygen atoms in total. The van der Waals surface area contributed by atoms with Crippen molar-refractivity contribution in [3.05, 3.63) is 66.5 Å². The van der Waals surface area contributed by atoms with Gasteiger partial charge in [0.2, 0.25) is 0 Å². The molecule has 1 aliphatic rings. The predicted molar refractivity (Wildman–Crippen MR) is 118 cm³/mol. The number of benzene rings is 2. The van der Waals surface area contributed by atoms with Gasteiger partial charge in [-0.15, -0.1) is 0 Å². The lowest BCUT2D eigenvalue weighted by Crippen LogP contribution is -2.43. The highest BCUT2D eigenvalue weighted by molar-refractivity contribution is 5.69. The molecular formula is C24H30N4O. The molecule has 1 saturated heterocycles. The molecule has 0 saturated carbocycles. The molecule has 0 amide bonds. The maximum absolute atomic E-state index is 5.38. The highest BCUT2D eigenvalue weighted by Gasteiger charge is 2.21. The van der Waals surface area contributed by atoms with Crippen molar-refractivity contribution in [1.82, 2.24) is 15.1 Å². The molecule has 5 heteroatoms. The highest BCUT2D eigenvalue weighted by atomic mass is 16.5. The summed E-state index contributed by atoms with van der Waals surface area (Å²) in [6.07, 6.45) is 6.34. The van der Waals surface area contributed by atoms with Crippen LogP contribution >= 0.6 is 0 Å². The maximum Gasteiger partial charge on any atom is 0.119 e. The van der Waals surface area contributed by atoms with Crippen LogP contribution in [0.1, 0.15) is 31.4 Å². The number of piperidine rings is 1. The van der Waals surface area contributed by atoms with E-state index in [1.165, 1.54) is 22.4 Å². The summed E-state index contributed by atoms with van der Waals surface area (Å²) in [6, 6.07) is 18.0. The molecule has 1 N–H and O–H groups in total. The molecule has 0 bridgehead atoms. The zero-order chi connectivity index (χ0) is 20.2. The van der Waals surface area contributed by atoms with Crippen LogP contribution in [-0.4, -0.2) is 36.0 Å². The van der Waals surface area contributed by atoms with Gasteiger partial charge >= 0.3 is 0 Å². The van der Waals surface area contributed by atoms with Crippen LogP contribution in [0, 0.1) is 0 Å². The topological polar surface area (TPSA) is 42.3 Å². The zero-order valence-corrected chi connectivity index (χ0v) is 17.5. The molecule has 1 aliphatic heterocycles. The number of hydrogen-bond donors (Lipinski definition) is 1. The number of nitrogens with zero attached hydrogens (tertiary/aromatic N) is 3. The second-order valence-corrected chi connectivity index (χ2v) is 7.88. The molecule has 2 heterocycles. The highest BCUT2D eigenvalue weighted by Crippen LogP contribution is 2.29. The predicted octanol–water partition coefficient (Wildman–Crippen LogP) is 4.42. The fourth-order valence-electron chi connectivity index (χ4n) is 4.10. The number of rotatable bonds is 6. The first-order chi connectivity index (χ1) is 14.1. The third kappa shape index (κ3) is 4.62. The minimum absolute atomic E-state index is 0.330. The van der Waals surface area contributed by atoms with Crippen LogP contribution in [0.25, 0.3) is 11.1 Å². The Hall–Kier alpha value is -2.79. The third-order valence-electron chi connectivity index (χ3n) is 5.82. The Balaban J connectivity index is 1.38. The van der Waals surface area contributed by atoms with Gasteiger partial charge in [0.15, 0.2) is 0 Å². The van der Waals surface area contributed by atoms with Crippen molar-refractivity contribution in [3.8, 4) is 16.9 Å². The summed E-state index contributed by atoms with van der Waals surface area (Å²) in [5, 5.41) is 8.06. The Labute approximate surface area is 173 Å². The number of methoxy groups -OCH3 is 1. The summed E-state index contributed by atoms with van der Waals surface area (Å²) < 4.78 is 7.24. The van der Waals surface area contributed by atoms with E-state index in [1.54, 1.807) is 7.11 Å². The van der Waals surface area contributed by atoms with Gasteiger partial charge in [-0.05, 0) is 55.2 Å². The van der Waals surface area contributed by atoms with Crippen molar-refractivity contribution in [2.24, 2.45) is 7.05 Å². The molecule has 1 unspecified atom stereocenters. The monoisotopic (exact) mass is 390 g/mol. The minimum atomic E-state index is 0.330. The Morgan fingerprint density at radius 1 is 1.07 bits per heavy atom. The van der Waals surface area contributed by atoms with Gasteiger partial charge in [-0.25, -0.2) is 0 Å². The molecule has 0 radical (unpaired) electrons.